The maximum absolute atomic E-state index is 5.84. The maximum Gasteiger partial charge on any atom is 0.128 e. The van der Waals surface area contributed by atoms with Crippen molar-refractivity contribution in [1.82, 2.24) is 4.98 Å². The van der Waals surface area contributed by atoms with E-state index < -0.39 is 0 Å². The quantitative estimate of drug-likeness (QED) is 0.733. The average Bonchev–Trinajstić information content (AvgIpc) is 2.83. The summed E-state index contributed by atoms with van der Waals surface area (Å²) < 4.78 is 5.73. The topological polar surface area (TPSA) is 25.0 Å². The second kappa shape index (κ2) is 4.98. The van der Waals surface area contributed by atoms with Crippen LogP contribution in [0.15, 0.2) is 48.5 Å². The molecule has 0 saturated heterocycles. The van der Waals surface area contributed by atoms with Crippen molar-refractivity contribution in [2.45, 2.75) is 13.5 Å². The average molecular weight is 272 g/mol. The highest BCUT2D eigenvalue weighted by Gasteiger charge is 2.03. The van der Waals surface area contributed by atoms with E-state index in [1.165, 1.54) is 16.5 Å². The number of para-hydroxylation sites is 1. The smallest absolute Gasteiger partial charge is 0.128 e. The van der Waals surface area contributed by atoms with Gasteiger partial charge in [-0.3, -0.25) is 0 Å². The molecule has 1 N–H and O–H groups in total. The van der Waals surface area contributed by atoms with Crippen molar-refractivity contribution in [3.63, 3.8) is 0 Å². The number of benzene rings is 2. The number of halogens is 1. The van der Waals surface area contributed by atoms with Crippen LogP contribution >= 0.6 is 11.6 Å². The largest absolute Gasteiger partial charge is 0.487 e. The molecule has 3 heteroatoms. The van der Waals surface area contributed by atoms with Crippen LogP contribution in [-0.4, -0.2) is 4.98 Å². The number of aromatic amines is 1. The molecular formula is C16H14ClNO. The van der Waals surface area contributed by atoms with E-state index in [-0.39, 0.29) is 0 Å². The lowest BCUT2D eigenvalue weighted by molar-refractivity contribution is 0.302. The molecule has 0 spiro atoms. The summed E-state index contributed by atoms with van der Waals surface area (Å²) >= 11 is 5.84. The summed E-state index contributed by atoms with van der Waals surface area (Å²) in [5.41, 5.74) is 3.49. The van der Waals surface area contributed by atoms with E-state index in [9.17, 15) is 0 Å². The molecule has 0 radical (unpaired) electrons. The number of aromatic nitrogens is 1. The summed E-state index contributed by atoms with van der Waals surface area (Å²) in [4.78, 5) is 3.39. The Morgan fingerprint density at radius 3 is 2.63 bits per heavy atom. The monoisotopic (exact) mass is 271 g/mol. The number of rotatable bonds is 3. The number of aryl methyl sites for hydroxylation is 1. The van der Waals surface area contributed by atoms with Gasteiger partial charge in [0.15, 0.2) is 0 Å². The Hall–Kier alpha value is -1.93. The van der Waals surface area contributed by atoms with Crippen molar-refractivity contribution in [3.8, 4) is 5.75 Å². The van der Waals surface area contributed by atoms with Crippen molar-refractivity contribution < 1.29 is 4.74 Å². The summed E-state index contributed by atoms with van der Waals surface area (Å²) in [5, 5.41) is 1.93. The highest BCUT2D eigenvalue weighted by molar-refractivity contribution is 6.30. The van der Waals surface area contributed by atoms with Gasteiger partial charge in [-0.15, -0.1) is 0 Å². The minimum absolute atomic E-state index is 0.524. The van der Waals surface area contributed by atoms with E-state index in [0.717, 1.165) is 11.4 Å². The number of nitrogens with one attached hydrogen (secondary N) is 1. The fourth-order valence-electron chi connectivity index (χ4n) is 2.14. The number of hydrogen-bond donors (Lipinski definition) is 1. The maximum atomic E-state index is 5.84. The molecule has 1 heterocycles. The van der Waals surface area contributed by atoms with Gasteiger partial charge in [0.05, 0.1) is 5.69 Å². The predicted molar refractivity (Wildman–Crippen MR) is 78.8 cm³/mol. The fraction of sp³-hybridized carbons (Fsp3) is 0.125. The van der Waals surface area contributed by atoms with Crippen LogP contribution in [0.4, 0.5) is 0 Å². The second-order valence-corrected chi connectivity index (χ2v) is 5.01. The highest BCUT2D eigenvalue weighted by atomic mass is 35.5. The third-order valence-electron chi connectivity index (χ3n) is 3.13. The van der Waals surface area contributed by atoms with Crippen LogP contribution in [0.1, 0.15) is 11.3 Å². The van der Waals surface area contributed by atoms with Gasteiger partial charge in [-0.2, -0.15) is 0 Å². The number of hydrogen-bond acceptors (Lipinski definition) is 1. The van der Waals surface area contributed by atoms with E-state index in [4.69, 9.17) is 16.3 Å². The van der Waals surface area contributed by atoms with Crippen molar-refractivity contribution in [1.29, 1.82) is 0 Å². The molecule has 19 heavy (non-hydrogen) atoms. The molecular weight excluding hydrogens is 258 g/mol. The Morgan fingerprint density at radius 1 is 1.11 bits per heavy atom. The van der Waals surface area contributed by atoms with Crippen LogP contribution in [0.5, 0.6) is 5.75 Å². The Labute approximate surface area is 117 Å². The van der Waals surface area contributed by atoms with Gasteiger partial charge >= 0.3 is 0 Å². The van der Waals surface area contributed by atoms with Crippen LogP contribution < -0.4 is 4.74 Å². The first-order chi connectivity index (χ1) is 9.22. The van der Waals surface area contributed by atoms with E-state index in [1.54, 1.807) is 0 Å². The van der Waals surface area contributed by atoms with Crippen LogP contribution in [0.25, 0.3) is 10.9 Å². The Morgan fingerprint density at radius 2 is 1.89 bits per heavy atom. The highest BCUT2D eigenvalue weighted by Crippen LogP contribution is 2.21. The summed E-state index contributed by atoms with van der Waals surface area (Å²) in [6, 6.07) is 15.8. The zero-order valence-electron chi connectivity index (χ0n) is 10.6. The molecule has 0 aliphatic carbocycles. The summed E-state index contributed by atoms with van der Waals surface area (Å²) in [7, 11) is 0. The predicted octanol–water partition coefficient (Wildman–Crippen LogP) is 4.71. The van der Waals surface area contributed by atoms with Gasteiger partial charge in [-0.1, -0.05) is 29.8 Å². The minimum Gasteiger partial charge on any atom is -0.487 e. The molecule has 3 rings (SSSR count). The molecule has 2 nitrogen and oxygen atoms in total. The van der Waals surface area contributed by atoms with Crippen LogP contribution in [0.2, 0.25) is 5.02 Å². The van der Waals surface area contributed by atoms with Gasteiger partial charge in [0.2, 0.25) is 0 Å². The van der Waals surface area contributed by atoms with E-state index in [0.29, 0.717) is 11.6 Å². The summed E-state index contributed by atoms with van der Waals surface area (Å²) in [6.07, 6.45) is 0. The molecule has 0 bridgehead atoms. The number of fused-ring (bicyclic) bond motifs is 1. The van der Waals surface area contributed by atoms with Crippen LogP contribution in [-0.2, 0) is 6.61 Å². The first-order valence-corrected chi connectivity index (χ1v) is 6.56. The molecule has 0 aliphatic rings. The molecule has 0 atom stereocenters. The molecule has 96 valence electrons. The third-order valence-corrected chi connectivity index (χ3v) is 3.38. The molecule has 2 aromatic carbocycles. The number of ether oxygens (including phenoxy) is 1. The van der Waals surface area contributed by atoms with Gasteiger partial charge in [-0.05, 0) is 42.8 Å². The number of H-pyrrole nitrogens is 1. The summed E-state index contributed by atoms with van der Waals surface area (Å²) in [6.45, 7) is 2.62. The van der Waals surface area contributed by atoms with Crippen LogP contribution in [0.3, 0.4) is 0 Å². The first-order valence-electron chi connectivity index (χ1n) is 6.18. The molecule has 1 aromatic heterocycles. The molecule has 0 aliphatic heterocycles. The summed E-state index contributed by atoms with van der Waals surface area (Å²) in [5.74, 6) is 0.819. The van der Waals surface area contributed by atoms with Gasteiger partial charge in [-0.25, -0.2) is 0 Å². The van der Waals surface area contributed by atoms with Gasteiger partial charge in [0.1, 0.15) is 12.4 Å². The Kier molecular flexibility index (Phi) is 3.18. The zero-order chi connectivity index (χ0) is 13.2. The van der Waals surface area contributed by atoms with Crippen molar-refractivity contribution in [2.24, 2.45) is 0 Å². The van der Waals surface area contributed by atoms with Crippen molar-refractivity contribution in [3.05, 3.63) is 64.8 Å². The lowest BCUT2D eigenvalue weighted by atomic mass is 10.2. The van der Waals surface area contributed by atoms with Gasteiger partial charge in [0.25, 0.3) is 0 Å². The van der Waals surface area contributed by atoms with Crippen molar-refractivity contribution in [2.75, 3.05) is 0 Å². The Balaban J connectivity index is 1.78. The Bertz CT molecular complexity index is 700. The lowest BCUT2D eigenvalue weighted by Gasteiger charge is -2.04. The van der Waals surface area contributed by atoms with E-state index >= 15 is 0 Å². The van der Waals surface area contributed by atoms with E-state index in [2.05, 4.69) is 36.2 Å². The molecule has 3 aromatic rings. The normalized spacial score (nSPS) is 10.8. The molecule has 0 saturated carbocycles. The van der Waals surface area contributed by atoms with E-state index in [1.807, 2.05) is 24.3 Å². The zero-order valence-corrected chi connectivity index (χ0v) is 11.4. The molecule has 0 fully saturated rings. The van der Waals surface area contributed by atoms with Crippen LogP contribution in [0, 0.1) is 6.92 Å². The standard InChI is InChI=1S/C16H14ClNO/c1-11-3-2-4-12-9-14(18-16(11)12)10-19-15-7-5-13(17)6-8-15/h2-9,18H,10H2,1H3. The molecule has 0 unspecified atom stereocenters. The van der Waals surface area contributed by atoms with Gasteiger partial charge in [0, 0.05) is 15.9 Å². The van der Waals surface area contributed by atoms with Crippen molar-refractivity contribution >= 4 is 22.5 Å². The fourth-order valence-corrected chi connectivity index (χ4v) is 2.26. The molecule has 0 amide bonds. The van der Waals surface area contributed by atoms with Gasteiger partial charge < -0.3 is 9.72 Å². The minimum atomic E-state index is 0.524. The SMILES string of the molecule is Cc1cccc2cc(COc3ccc(Cl)cc3)[nH]c12. The second-order valence-electron chi connectivity index (χ2n) is 4.58. The third kappa shape index (κ3) is 2.59. The lowest BCUT2D eigenvalue weighted by Crippen LogP contribution is -1.95. The first kappa shape index (κ1) is 12.1.